The summed E-state index contributed by atoms with van der Waals surface area (Å²) in [4.78, 5) is 11.3. The number of carbonyl (C=O) groups excluding carboxylic acids is 1. The van der Waals surface area contributed by atoms with Crippen LogP contribution >= 0.6 is 0 Å². The fraction of sp³-hybridized carbons (Fsp3) is 0.250. The van der Waals surface area contributed by atoms with E-state index in [0.29, 0.717) is 12.1 Å². The summed E-state index contributed by atoms with van der Waals surface area (Å²) in [6, 6.07) is 8.42. The van der Waals surface area contributed by atoms with Crippen LogP contribution in [-0.4, -0.2) is 17.0 Å². The highest BCUT2D eigenvalue weighted by Crippen LogP contribution is 2.16. The van der Waals surface area contributed by atoms with Crippen LogP contribution in [0.4, 0.5) is 5.69 Å². The summed E-state index contributed by atoms with van der Waals surface area (Å²) < 4.78 is 0. The third-order valence-corrected chi connectivity index (χ3v) is 2.18. The molecule has 0 amide bonds. The molecule has 0 fully saturated rings. The van der Waals surface area contributed by atoms with Crippen LogP contribution in [-0.2, 0) is 4.79 Å². The van der Waals surface area contributed by atoms with Crippen LogP contribution in [0.1, 0.15) is 13.3 Å². The lowest BCUT2D eigenvalue weighted by molar-refractivity contribution is -0.119. The van der Waals surface area contributed by atoms with E-state index in [4.69, 9.17) is 0 Å². The van der Waals surface area contributed by atoms with Gasteiger partial charge in [-0.25, -0.2) is 5.06 Å². The number of para-hydroxylation sites is 1. The minimum atomic E-state index is -0.551. The molecule has 0 aliphatic carbocycles. The quantitative estimate of drug-likeness (QED) is 0.592. The van der Waals surface area contributed by atoms with Gasteiger partial charge in [-0.3, -0.25) is 10.0 Å². The highest BCUT2D eigenvalue weighted by Gasteiger charge is 2.20. The van der Waals surface area contributed by atoms with Crippen molar-refractivity contribution in [3.05, 3.63) is 43.0 Å². The summed E-state index contributed by atoms with van der Waals surface area (Å²) in [7, 11) is 0. The zero-order valence-corrected chi connectivity index (χ0v) is 8.76. The summed E-state index contributed by atoms with van der Waals surface area (Å²) in [5, 5.41) is 10.8. The first-order valence-corrected chi connectivity index (χ1v) is 4.81. The Morgan fingerprint density at radius 3 is 2.60 bits per heavy atom. The van der Waals surface area contributed by atoms with E-state index in [0.717, 1.165) is 5.06 Å². The standard InChI is InChI=1S/C12H15NO2/c1-3-7-12(10(2)14)13(15)11-8-5-4-6-9-11/h3-6,8-9,12,15H,1,7H2,2H3. The van der Waals surface area contributed by atoms with Crippen LogP contribution in [0, 0.1) is 0 Å². The second-order valence-corrected chi connectivity index (χ2v) is 3.33. The van der Waals surface area contributed by atoms with Gasteiger partial charge in [0.25, 0.3) is 0 Å². The fourth-order valence-electron chi connectivity index (χ4n) is 1.36. The molecule has 0 heterocycles. The van der Waals surface area contributed by atoms with Crippen LogP contribution in [0.15, 0.2) is 43.0 Å². The number of carbonyl (C=O) groups is 1. The number of nitrogens with zero attached hydrogens (tertiary/aromatic N) is 1. The lowest BCUT2D eigenvalue weighted by Gasteiger charge is -2.24. The molecule has 1 rings (SSSR count). The van der Waals surface area contributed by atoms with E-state index < -0.39 is 6.04 Å². The minimum absolute atomic E-state index is 0.0822. The molecule has 0 radical (unpaired) electrons. The van der Waals surface area contributed by atoms with Gasteiger partial charge in [0.1, 0.15) is 6.04 Å². The van der Waals surface area contributed by atoms with Crippen LogP contribution in [0.25, 0.3) is 0 Å². The van der Waals surface area contributed by atoms with Crippen LogP contribution < -0.4 is 5.06 Å². The van der Waals surface area contributed by atoms with Gasteiger partial charge in [-0.1, -0.05) is 24.3 Å². The molecular weight excluding hydrogens is 190 g/mol. The molecule has 0 aliphatic heterocycles. The maximum Gasteiger partial charge on any atom is 0.155 e. The van der Waals surface area contributed by atoms with E-state index in [-0.39, 0.29) is 5.78 Å². The number of rotatable bonds is 5. The average molecular weight is 205 g/mol. The van der Waals surface area contributed by atoms with E-state index in [2.05, 4.69) is 6.58 Å². The number of hydrogen-bond acceptors (Lipinski definition) is 3. The molecule has 1 atom stereocenters. The number of benzene rings is 1. The van der Waals surface area contributed by atoms with Crippen molar-refractivity contribution in [1.29, 1.82) is 0 Å². The van der Waals surface area contributed by atoms with Gasteiger partial charge in [-0.05, 0) is 25.5 Å². The molecule has 0 bridgehead atoms. The van der Waals surface area contributed by atoms with Crippen molar-refractivity contribution in [1.82, 2.24) is 0 Å². The molecule has 0 spiro atoms. The SMILES string of the molecule is C=CCC(C(C)=O)N(O)c1ccccc1. The average Bonchev–Trinajstić information content (AvgIpc) is 2.26. The molecule has 1 unspecified atom stereocenters. The van der Waals surface area contributed by atoms with E-state index in [1.54, 1.807) is 18.2 Å². The summed E-state index contributed by atoms with van der Waals surface area (Å²) >= 11 is 0. The highest BCUT2D eigenvalue weighted by atomic mass is 16.5. The lowest BCUT2D eigenvalue weighted by Crippen LogP contribution is -2.37. The third-order valence-electron chi connectivity index (χ3n) is 2.18. The highest BCUT2D eigenvalue weighted by molar-refractivity contribution is 5.84. The molecule has 1 aromatic carbocycles. The Hall–Kier alpha value is -1.61. The van der Waals surface area contributed by atoms with Gasteiger partial charge >= 0.3 is 0 Å². The summed E-state index contributed by atoms with van der Waals surface area (Å²) in [5.74, 6) is -0.0822. The first-order valence-electron chi connectivity index (χ1n) is 4.81. The van der Waals surface area contributed by atoms with Crippen molar-refractivity contribution < 1.29 is 10.0 Å². The van der Waals surface area contributed by atoms with E-state index in [9.17, 15) is 10.0 Å². The molecule has 80 valence electrons. The topological polar surface area (TPSA) is 40.5 Å². The molecular formula is C12H15NO2. The first kappa shape index (κ1) is 11.5. The maximum atomic E-state index is 11.3. The van der Waals surface area contributed by atoms with Gasteiger partial charge in [0.2, 0.25) is 0 Å². The Balaban J connectivity index is 2.85. The van der Waals surface area contributed by atoms with Crippen LogP contribution in [0.2, 0.25) is 0 Å². The number of Topliss-reactive ketones (excluding diaryl/α,β-unsaturated/α-hetero) is 1. The Bertz CT molecular complexity index is 335. The zero-order valence-electron chi connectivity index (χ0n) is 8.76. The fourth-order valence-corrected chi connectivity index (χ4v) is 1.36. The number of hydroxylamine groups is 1. The Morgan fingerprint density at radius 2 is 2.13 bits per heavy atom. The van der Waals surface area contributed by atoms with Gasteiger partial charge in [0, 0.05) is 0 Å². The normalized spacial score (nSPS) is 11.9. The molecule has 1 N–H and O–H groups in total. The molecule has 1 aromatic rings. The minimum Gasteiger partial charge on any atom is -0.298 e. The van der Waals surface area contributed by atoms with Crippen LogP contribution in [0.3, 0.4) is 0 Å². The summed E-state index contributed by atoms with van der Waals surface area (Å²) in [5.41, 5.74) is 0.611. The number of hydrogen-bond donors (Lipinski definition) is 1. The van der Waals surface area contributed by atoms with Crippen molar-refractivity contribution in [3.8, 4) is 0 Å². The Labute approximate surface area is 89.6 Å². The van der Waals surface area contributed by atoms with E-state index in [1.165, 1.54) is 6.92 Å². The lowest BCUT2D eigenvalue weighted by atomic mass is 10.1. The molecule has 15 heavy (non-hydrogen) atoms. The second-order valence-electron chi connectivity index (χ2n) is 3.33. The van der Waals surface area contributed by atoms with Crippen molar-refractivity contribution >= 4 is 11.5 Å². The van der Waals surface area contributed by atoms with E-state index in [1.807, 2.05) is 18.2 Å². The predicted molar refractivity (Wildman–Crippen MR) is 60.0 cm³/mol. The van der Waals surface area contributed by atoms with Gasteiger partial charge in [-0.2, -0.15) is 0 Å². The maximum absolute atomic E-state index is 11.3. The second kappa shape index (κ2) is 5.32. The van der Waals surface area contributed by atoms with Crippen molar-refractivity contribution in [2.24, 2.45) is 0 Å². The molecule has 3 nitrogen and oxygen atoms in total. The molecule has 0 aliphatic rings. The summed E-state index contributed by atoms with van der Waals surface area (Å²) in [6.07, 6.45) is 2.05. The van der Waals surface area contributed by atoms with Crippen LogP contribution in [0.5, 0.6) is 0 Å². The van der Waals surface area contributed by atoms with Gasteiger partial charge in [0.05, 0.1) is 5.69 Å². The van der Waals surface area contributed by atoms with Crippen molar-refractivity contribution in [3.63, 3.8) is 0 Å². The van der Waals surface area contributed by atoms with Crippen molar-refractivity contribution in [2.45, 2.75) is 19.4 Å². The number of anilines is 1. The Morgan fingerprint density at radius 1 is 1.53 bits per heavy atom. The van der Waals surface area contributed by atoms with E-state index >= 15 is 0 Å². The smallest absolute Gasteiger partial charge is 0.155 e. The molecule has 0 saturated carbocycles. The molecule has 0 saturated heterocycles. The molecule has 0 aromatic heterocycles. The van der Waals surface area contributed by atoms with Gasteiger partial charge in [-0.15, -0.1) is 6.58 Å². The Kier molecular flexibility index (Phi) is 4.06. The first-order chi connectivity index (χ1) is 7.16. The molecule has 3 heteroatoms. The van der Waals surface area contributed by atoms with Gasteiger partial charge in [0.15, 0.2) is 5.78 Å². The van der Waals surface area contributed by atoms with Crippen molar-refractivity contribution in [2.75, 3.05) is 5.06 Å². The van der Waals surface area contributed by atoms with Gasteiger partial charge < -0.3 is 0 Å². The predicted octanol–water partition coefficient (Wildman–Crippen LogP) is 2.42. The monoisotopic (exact) mass is 205 g/mol. The largest absolute Gasteiger partial charge is 0.298 e. The zero-order chi connectivity index (χ0) is 11.3. The summed E-state index contributed by atoms with van der Waals surface area (Å²) in [6.45, 7) is 5.03. The number of ketones is 1. The third kappa shape index (κ3) is 2.92.